The van der Waals surface area contributed by atoms with E-state index < -0.39 is 49.4 Å². The topological polar surface area (TPSA) is 35.5 Å². The van der Waals surface area contributed by atoms with Gasteiger partial charge in [0, 0.05) is 17.5 Å². The molecule has 0 heterocycles. The highest BCUT2D eigenvalue weighted by molar-refractivity contribution is 6.48. The third kappa shape index (κ3) is 3.83. The number of halogens is 3. The molecule has 24 heavy (non-hydrogen) atoms. The predicted molar refractivity (Wildman–Crippen MR) is 88.6 cm³/mol. The summed E-state index contributed by atoms with van der Waals surface area (Å²) in [5.74, 6) is -4.98. The van der Waals surface area contributed by atoms with Crippen LogP contribution in [0.3, 0.4) is 0 Å². The molecular weight excluding hydrogens is 337 g/mol. The Kier molecular flexibility index (Phi) is 6.27. The Morgan fingerprint density at radius 2 is 1.58 bits per heavy atom. The molecule has 0 amide bonds. The fourth-order valence-electron chi connectivity index (χ4n) is 2.67. The second kappa shape index (κ2) is 7.27. The van der Waals surface area contributed by atoms with Crippen molar-refractivity contribution in [3.8, 4) is 0 Å². The first-order valence-corrected chi connectivity index (χ1v) is 10.6. The minimum atomic E-state index is -1.90. The summed E-state index contributed by atoms with van der Waals surface area (Å²) in [5, 5.41) is 0. The van der Waals surface area contributed by atoms with Gasteiger partial charge in [-0.05, 0) is 24.6 Å². The number of carbonyl (C=O) groups excluding carboxylic acids is 1. The fourth-order valence-corrected chi connectivity index (χ4v) is 3.84. The van der Waals surface area contributed by atoms with Crippen LogP contribution in [0.4, 0.5) is 13.2 Å². The average molecular weight is 362 g/mol. The molecule has 0 bridgehead atoms. The molecule has 0 radical (unpaired) electrons. The number of esters is 1. The Hall–Kier alpha value is -1.34. The van der Waals surface area contributed by atoms with Gasteiger partial charge in [0.25, 0.3) is 0 Å². The van der Waals surface area contributed by atoms with Gasteiger partial charge in [-0.1, -0.05) is 27.7 Å². The van der Waals surface area contributed by atoms with Crippen molar-refractivity contribution in [2.24, 2.45) is 11.3 Å². The number of rotatable bonds is 5. The lowest BCUT2D eigenvalue weighted by atomic mass is 9.68. The van der Waals surface area contributed by atoms with E-state index in [1.54, 1.807) is 6.92 Å². The first-order chi connectivity index (χ1) is 10.9. The molecule has 1 aromatic carbocycles. The van der Waals surface area contributed by atoms with Crippen LogP contribution in [0.2, 0.25) is 13.1 Å². The van der Waals surface area contributed by atoms with E-state index in [1.807, 2.05) is 33.9 Å². The lowest BCUT2D eigenvalue weighted by Gasteiger charge is -2.44. The summed E-state index contributed by atoms with van der Waals surface area (Å²) in [4.78, 5) is 12.7. The summed E-state index contributed by atoms with van der Waals surface area (Å²) < 4.78 is 52.6. The smallest absolute Gasteiger partial charge is 0.342 e. The number of methoxy groups -OCH3 is 1. The molecule has 1 aromatic rings. The molecule has 0 aliphatic heterocycles. The maximum absolute atomic E-state index is 14.5. The third-order valence-corrected chi connectivity index (χ3v) is 5.07. The molecule has 2 atom stereocenters. The molecule has 7 heteroatoms. The molecule has 0 saturated heterocycles. The van der Waals surface area contributed by atoms with Gasteiger partial charge in [-0.3, -0.25) is 0 Å². The fraction of sp³-hybridized carbons (Fsp3) is 0.588. The highest BCUT2D eigenvalue weighted by Crippen LogP contribution is 2.46. The zero-order valence-electron chi connectivity index (χ0n) is 15.2. The zero-order chi connectivity index (χ0) is 18.9. The second-order valence-electron chi connectivity index (χ2n) is 7.23. The minimum absolute atomic E-state index is 0.336. The van der Waals surface area contributed by atoms with Crippen molar-refractivity contribution < 1.29 is 27.1 Å². The van der Waals surface area contributed by atoms with Crippen LogP contribution in [0.25, 0.3) is 0 Å². The van der Waals surface area contributed by atoms with Crippen molar-refractivity contribution in [1.29, 1.82) is 0 Å². The Bertz CT molecular complexity index is 614. The summed E-state index contributed by atoms with van der Waals surface area (Å²) in [5.41, 5.74) is -2.67. The third-order valence-electron chi connectivity index (χ3n) is 4.23. The molecular formula is C17H25F3O3Si. The van der Waals surface area contributed by atoms with Crippen molar-refractivity contribution >= 4 is 15.0 Å². The average Bonchev–Trinajstić information content (AvgIpc) is 2.46. The van der Waals surface area contributed by atoms with Crippen LogP contribution in [0, 0.1) is 28.8 Å². The van der Waals surface area contributed by atoms with Crippen molar-refractivity contribution in [3.63, 3.8) is 0 Å². The summed E-state index contributed by atoms with van der Waals surface area (Å²) in [7, 11) is -0.733. The van der Waals surface area contributed by atoms with Crippen molar-refractivity contribution in [2.45, 2.75) is 46.4 Å². The molecule has 0 aliphatic carbocycles. The summed E-state index contributed by atoms with van der Waals surface area (Å²) >= 11 is 0. The monoisotopic (exact) mass is 362 g/mol. The van der Waals surface area contributed by atoms with Crippen LogP contribution in [-0.4, -0.2) is 22.1 Å². The van der Waals surface area contributed by atoms with Crippen LogP contribution in [-0.2, 0) is 19.6 Å². The van der Waals surface area contributed by atoms with Crippen LogP contribution < -0.4 is 0 Å². The SMILES string of the molecule is COC(=O)[C@@](O[SiH](C)C)(c1cc(F)c(F)cc1F)C(C)C(C)(C)C. The Morgan fingerprint density at radius 1 is 1.08 bits per heavy atom. The van der Waals surface area contributed by atoms with Crippen LogP contribution in [0.5, 0.6) is 0 Å². The van der Waals surface area contributed by atoms with E-state index in [4.69, 9.17) is 9.16 Å². The molecule has 1 rings (SSSR count). The molecule has 0 aliphatic rings. The lowest BCUT2D eigenvalue weighted by molar-refractivity contribution is -0.171. The second-order valence-corrected chi connectivity index (χ2v) is 9.56. The van der Waals surface area contributed by atoms with E-state index in [1.165, 1.54) is 0 Å². The van der Waals surface area contributed by atoms with Gasteiger partial charge in [0.2, 0.25) is 0 Å². The number of carbonyl (C=O) groups is 1. The van der Waals surface area contributed by atoms with Crippen molar-refractivity contribution in [3.05, 3.63) is 35.1 Å². The highest BCUT2D eigenvalue weighted by Gasteiger charge is 2.53. The molecule has 1 unspecified atom stereocenters. The van der Waals surface area contributed by atoms with Gasteiger partial charge in [0.05, 0.1) is 7.11 Å². The summed E-state index contributed by atoms with van der Waals surface area (Å²) in [6.45, 7) is 10.9. The summed E-state index contributed by atoms with van der Waals surface area (Å²) in [6, 6.07) is 1.13. The van der Waals surface area contributed by atoms with Gasteiger partial charge in [-0.15, -0.1) is 0 Å². The van der Waals surface area contributed by atoms with Gasteiger partial charge < -0.3 is 9.16 Å². The molecule has 0 fully saturated rings. The molecule has 3 nitrogen and oxygen atoms in total. The van der Waals surface area contributed by atoms with E-state index in [0.717, 1.165) is 7.11 Å². The number of ether oxygens (including phenoxy) is 1. The maximum atomic E-state index is 14.5. The number of benzene rings is 1. The van der Waals surface area contributed by atoms with Gasteiger partial charge in [0.15, 0.2) is 26.3 Å². The highest BCUT2D eigenvalue weighted by atomic mass is 28.3. The normalized spacial score (nSPS) is 16.0. The van der Waals surface area contributed by atoms with Gasteiger partial charge in [0.1, 0.15) is 5.82 Å². The predicted octanol–water partition coefficient (Wildman–Crippen LogP) is 4.15. The van der Waals surface area contributed by atoms with Crippen LogP contribution in [0.15, 0.2) is 12.1 Å². The quantitative estimate of drug-likeness (QED) is 0.448. The Morgan fingerprint density at radius 3 is 2.00 bits per heavy atom. The van der Waals surface area contributed by atoms with E-state index in [0.29, 0.717) is 12.1 Å². The largest absolute Gasteiger partial charge is 0.467 e. The van der Waals surface area contributed by atoms with E-state index in [2.05, 4.69) is 0 Å². The molecule has 0 aromatic heterocycles. The molecule has 0 spiro atoms. The standard InChI is InChI=1S/C17H25F3O3Si/c1-10(16(2,3)4)17(15(21)22-5,23-24(6)7)11-8-13(19)14(20)9-12(11)18/h8-10,24H,1-7H3/t10?,17-/m0/s1. The van der Waals surface area contributed by atoms with Gasteiger partial charge in [-0.2, -0.15) is 0 Å². The molecule has 0 N–H and O–H groups in total. The minimum Gasteiger partial charge on any atom is -0.467 e. The van der Waals surface area contributed by atoms with E-state index in [9.17, 15) is 18.0 Å². The number of hydrogen-bond donors (Lipinski definition) is 0. The number of hydrogen-bond acceptors (Lipinski definition) is 3. The molecule has 0 saturated carbocycles. The van der Waals surface area contributed by atoms with E-state index in [-0.39, 0.29) is 5.56 Å². The van der Waals surface area contributed by atoms with Crippen LogP contribution in [0.1, 0.15) is 33.3 Å². The summed E-state index contributed by atoms with van der Waals surface area (Å²) in [6.07, 6.45) is 0. The van der Waals surface area contributed by atoms with Crippen LogP contribution >= 0.6 is 0 Å². The van der Waals surface area contributed by atoms with Gasteiger partial charge >= 0.3 is 5.97 Å². The van der Waals surface area contributed by atoms with E-state index >= 15 is 0 Å². The maximum Gasteiger partial charge on any atom is 0.342 e. The Balaban J connectivity index is 3.81. The van der Waals surface area contributed by atoms with Gasteiger partial charge in [-0.25, -0.2) is 18.0 Å². The first-order valence-electron chi connectivity index (χ1n) is 7.79. The first kappa shape index (κ1) is 20.7. The van der Waals surface area contributed by atoms with Crippen molar-refractivity contribution in [2.75, 3.05) is 7.11 Å². The zero-order valence-corrected chi connectivity index (χ0v) is 16.3. The lowest BCUT2D eigenvalue weighted by Crippen LogP contribution is -2.52. The van der Waals surface area contributed by atoms with Crippen molar-refractivity contribution in [1.82, 2.24) is 0 Å². The Labute approximate surface area is 142 Å². The molecule has 136 valence electrons.